The zero-order chi connectivity index (χ0) is 14.1. The third-order valence-corrected chi connectivity index (χ3v) is 5.27. The fourth-order valence-electron chi connectivity index (χ4n) is 2.33. The molecule has 0 atom stereocenters. The molecule has 0 bridgehead atoms. The van der Waals surface area contributed by atoms with Crippen molar-refractivity contribution in [1.29, 1.82) is 0 Å². The maximum Gasteiger partial charge on any atom is 0.243 e. The van der Waals surface area contributed by atoms with Crippen LogP contribution in [0.15, 0.2) is 29.2 Å². The van der Waals surface area contributed by atoms with E-state index in [2.05, 4.69) is 10.0 Å². The predicted molar refractivity (Wildman–Crippen MR) is 77.7 cm³/mol. The van der Waals surface area contributed by atoms with E-state index >= 15 is 0 Å². The Hall–Kier alpha value is -1.07. The minimum Gasteiger partial charge on any atom is -0.384 e. The molecule has 2 rings (SSSR count). The molecule has 0 heterocycles. The van der Waals surface area contributed by atoms with Gasteiger partial charge in [-0.25, -0.2) is 13.1 Å². The Bertz CT molecular complexity index is 548. The Labute approximate surface area is 115 Å². The second-order valence-corrected chi connectivity index (χ2v) is 7.28. The molecule has 0 aromatic heterocycles. The SMILES string of the molecule is CCNc1ccccc1S(=O)(=O)NC(C)(C)C1CC1. The van der Waals surface area contributed by atoms with E-state index in [-0.39, 0.29) is 5.54 Å². The van der Waals surface area contributed by atoms with Gasteiger partial charge >= 0.3 is 0 Å². The number of benzene rings is 1. The van der Waals surface area contributed by atoms with E-state index in [0.29, 0.717) is 23.0 Å². The van der Waals surface area contributed by atoms with Gasteiger partial charge in [0.25, 0.3) is 0 Å². The van der Waals surface area contributed by atoms with Crippen molar-refractivity contribution < 1.29 is 8.42 Å². The monoisotopic (exact) mass is 282 g/mol. The van der Waals surface area contributed by atoms with Crippen molar-refractivity contribution in [3.05, 3.63) is 24.3 Å². The number of anilines is 1. The van der Waals surface area contributed by atoms with E-state index in [1.807, 2.05) is 26.8 Å². The van der Waals surface area contributed by atoms with E-state index in [0.717, 1.165) is 12.8 Å². The summed E-state index contributed by atoms with van der Waals surface area (Å²) in [6.45, 7) is 6.56. The van der Waals surface area contributed by atoms with Gasteiger partial charge in [0.2, 0.25) is 10.0 Å². The van der Waals surface area contributed by atoms with Crippen molar-refractivity contribution in [3.63, 3.8) is 0 Å². The van der Waals surface area contributed by atoms with Crippen LogP contribution in [0, 0.1) is 5.92 Å². The second kappa shape index (κ2) is 5.13. The minimum atomic E-state index is -3.49. The molecule has 1 saturated carbocycles. The minimum absolute atomic E-state index is 0.325. The molecule has 1 aliphatic rings. The largest absolute Gasteiger partial charge is 0.384 e. The van der Waals surface area contributed by atoms with Gasteiger partial charge in [-0.1, -0.05) is 12.1 Å². The Morgan fingerprint density at radius 3 is 2.47 bits per heavy atom. The molecule has 19 heavy (non-hydrogen) atoms. The van der Waals surface area contributed by atoms with Gasteiger partial charge in [0.15, 0.2) is 0 Å². The Morgan fingerprint density at radius 2 is 1.89 bits per heavy atom. The van der Waals surface area contributed by atoms with E-state index < -0.39 is 10.0 Å². The highest BCUT2D eigenvalue weighted by molar-refractivity contribution is 7.89. The molecular formula is C14H22N2O2S. The first-order valence-corrected chi connectivity index (χ1v) is 8.22. The third kappa shape index (κ3) is 3.28. The van der Waals surface area contributed by atoms with Crippen LogP contribution in [0.2, 0.25) is 0 Å². The standard InChI is InChI=1S/C14H22N2O2S/c1-4-15-12-7-5-6-8-13(12)19(17,18)16-14(2,3)11-9-10-11/h5-8,11,15-16H,4,9-10H2,1-3H3. The summed E-state index contributed by atoms with van der Waals surface area (Å²) in [5, 5.41) is 3.09. The number of hydrogen-bond donors (Lipinski definition) is 2. The van der Waals surface area contributed by atoms with Crippen LogP contribution in [-0.4, -0.2) is 20.5 Å². The quantitative estimate of drug-likeness (QED) is 0.843. The number of nitrogens with one attached hydrogen (secondary N) is 2. The summed E-state index contributed by atoms with van der Waals surface area (Å²) in [6.07, 6.45) is 2.20. The molecular weight excluding hydrogens is 260 g/mol. The molecule has 0 unspecified atom stereocenters. The predicted octanol–water partition coefficient (Wildman–Crippen LogP) is 2.59. The smallest absolute Gasteiger partial charge is 0.243 e. The average molecular weight is 282 g/mol. The van der Waals surface area contributed by atoms with Crippen molar-refractivity contribution in [2.24, 2.45) is 5.92 Å². The molecule has 1 aromatic rings. The normalized spacial score (nSPS) is 16.4. The molecule has 106 valence electrons. The summed E-state index contributed by atoms with van der Waals surface area (Å²) >= 11 is 0. The Balaban J connectivity index is 2.28. The van der Waals surface area contributed by atoms with E-state index in [9.17, 15) is 8.42 Å². The van der Waals surface area contributed by atoms with Gasteiger partial charge in [-0.15, -0.1) is 0 Å². The van der Waals surface area contributed by atoms with Crippen molar-refractivity contribution in [1.82, 2.24) is 4.72 Å². The first-order valence-electron chi connectivity index (χ1n) is 6.73. The summed E-state index contributed by atoms with van der Waals surface area (Å²) < 4.78 is 27.9. The maximum absolute atomic E-state index is 12.5. The fraction of sp³-hybridized carbons (Fsp3) is 0.571. The number of para-hydroxylation sites is 1. The van der Waals surface area contributed by atoms with Crippen molar-refractivity contribution in [2.75, 3.05) is 11.9 Å². The summed E-state index contributed by atoms with van der Waals surface area (Å²) in [4.78, 5) is 0.325. The lowest BCUT2D eigenvalue weighted by atomic mass is 10.0. The number of hydrogen-bond acceptors (Lipinski definition) is 3. The summed E-state index contributed by atoms with van der Waals surface area (Å²) in [7, 11) is -3.49. The van der Waals surface area contributed by atoms with Crippen LogP contribution in [-0.2, 0) is 10.0 Å². The van der Waals surface area contributed by atoms with Gasteiger partial charge in [0, 0.05) is 12.1 Å². The van der Waals surface area contributed by atoms with Crippen molar-refractivity contribution >= 4 is 15.7 Å². The van der Waals surface area contributed by atoms with Gasteiger partial charge in [0.05, 0.1) is 5.69 Å². The van der Waals surface area contributed by atoms with Crippen LogP contribution in [0.1, 0.15) is 33.6 Å². The highest BCUT2D eigenvalue weighted by Crippen LogP contribution is 2.40. The third-order valence-electron chi connectivity index (χ3n) is 3.54. The topological polar surface area (TPSA) is 58.2 Å². The summed E-state index contributed by atoms with van der Waals surface area (Å²) in [6, 6.07) is 7.02. The molecule has 1 fully saturated rings. The zero-order valence-electron chi connectivity index (χ0n) is 11.7. The van der Waals surface area contributed by atoms with Crippen molar-refractivity contribution in [2.45, 2.75) is 44.0 Å². The molecule has 1 aromatic carbocycles. The molecule has 0 amide bonds. The molecule has 1 aliphatic carbocycles. The maximum atomic E-state index is 12.5. The molecule has 2 N–H and O–H groups in total. The van der Waals surface area contributed by atoms with Crippen LogP contribution in [0.3, 0.4) is 0 Å². The van der Waals surface area contributed by atoms with E-state index in [1.54, 1.807) is 18.2 Å². The van der Waals surface area contributed by atoms with Crippen LogP contribution in [0.5, 0.6) is 0 Å². The van der Waals surface area contributed by atoms with E-state index in [1.165, 1.54) is 0 Å². The van der Waals surface area contributed by atoms with Crippen molar-refractivity contribution in [3.8, 4) is 0 Å². The lowest BCUT2D eigenvalue weighted by Gasteiger charge is -2.26. The van der Waals surface area contributed by atoms with Gasteiger partial charge in [-0.3, -0.25) is 0 Å². The lowest BCUT2D eigenvalue weighted by molar-refractivity contribution is 0.400. The molecule has 0 saturated heterocycles. The molecule has 4 nitrogen and oxygen atoms in total. The lowest BCUT2D eigenvalue weighted by Crippen LogP contribution is -2.45. The van der Waals surface area contributed by atoms with E-state index in [4.69, 9.17) is 0 Å². The molecule has 0 radical (unpaired) electrons. The molecule has 5 heteroatoms. The number of rotatable bonds is 6. The van der Waals surface area contributed by atoms with Crippen LogP contribution in [0.4, 0.5) is 5.69 Å². The first-order chi connectivity index (χ1) is 8.87. The van der Waals surface area contributed by atoms with Gasteiger partial charge in [-0.05, 0) is 51.7 Å². The van der Waals surface area contributed by atoms with Gasteiger partial charge < -0.3 is 5.32 Å². The Kier molecular flexibility index (Phi) is 3.87. The molecule has 0 aliphatic heterocycles. The zero-order valence-corrected chi connectivity index (χ0v) is 12.5. The van der Waals surface area contributed by atoms with Crippen LogP contribution < -0.4 is 10.0 Å². The first kappa shape index (κ1) is 14.3. The second-order valence-electron chi connectivity index (χ2n) is 5.63. The highest BCUT2D eigenvalue weighted by Gasteiger charge is 2.40. The summed E-state index contributed by atoms with van der Waals surface area (Å²) in [5.41, 5.74) is 0.280. The van der Waals surface area contributed by atoms with Gasteiger partial charge in [-0.2, -0.15) is 0 Å². The number of sulfonamides is 1. The van der Waals surface area contributed by atoms with Gasteiger partial charge in [0.1, 0.15) is 4.90 Å². The van der Waals surface area contributed by atoms with Crippen LogP contribution >= 0.6 is 0 Å². The van der Waals surface area contributed by atoms with Crippen LogP contribution in [0.25, 0.3) is 0 Å². The molecule has 0 spiro atoms. The Morgan fingerprint density at radius 1 is 1.26 bits per heavy atom. The highest BCUT2D eigenvalue weighted by atomic mass is 32.2. The average Bonchev–Trinajstić information content (AvgIpc) is 3.12. The fourth-order valence-corrected chi connectivity index (χ4v) is 3.98. The summed E-state index contributed by atoms with van der Waals surface area (Å²) in [5.74, 6) is 0.452.